The minimum Gasteiger partial charge on any atom is -0.508 e. The molecule has 8 aliphatic rings. The Labute approximate surface area is 799 Å². The van der Waals surface area contributed by atoms with Gasteiger partial charge in [-0.3, -0.25) is 43.2 Å². The molecular weight excluding hydrogens is 1880 g/mol. The molecule has 0 saturated carbocycles. The van der Waals surface area contributed by atoms with Crippen LogP contribution in [0.15, 0.2) is 127 Å². The zero-order valence-electron chi connectivity index (χ0n) is 74.6. The van der Waals surface area contributed by atoms with Gasteiger partial charge < -0.3 is 173 Å². The first-order chi connectivity index (χ1) is 65.8. The fourth-order valence-corrected chi connectivity index (χ4v) is 17.4. The Balaban J connectivity index is 0.944. The quantitative estimate of drug-likeness (QED) is 0.0353. The number of anilines is 1. The highest BCUT2D eigenvalue weighted by atomic mass is 35.5. The van der Waals surface area contributed by atoms with Crippen LogP contribution in [-0.2, 0) is 68.6 Å². The van der Waals surface area contributed by atoms with E-state index in [1.54, 1.807) is 19.9 Å². The number of aromatic hydroxyl groups is 3. The van der Waals surface area contributed by atoms with Crippen LogP contribution in [0.2, 0.25) is 10.0 Å². The Morgan fingerprint density at radius 1 is 0.655 bits per heavy atom. The standard InChI is InChI=1S/C91H105Cl2F3N12O31/c1-37(2)22-52(99-5)81(124)106-68-70(116)41-13-16-56(50(92)26-41)132-58-28-44-29-59(77(58)137-89-75(121)73(119)78(61(36-111)135-89)138-88-74(120)72(118)71(117)60(134-88)35-100-34-39-8-6-10-45(23-39)101-80(123)43-9-7-11-47(24-43)139-91(94,95)96)133-57-17-14-42(27-51(57)93)76(136-63-33-90(4,98)79(122)38(3)131-63)69-86(129)105-67(87(130)108(18-20-109)19-21-110)49-30-46(112)31-55(114)64(49)48-25-40(12-15-54(48)113)65(83(126)107-69)104-84(127)66(44)103-82(125)53(32-62(97)115)102-85(68)128/h6-17,23-31,37-38,52-53,60-61,63,65-76,78-79,88-89,99-100,109-114,116-122H,18-22,32-36,98H2,1-5H3,(H2,97,115)(H,101,123)(H,102,128)(H,103,125)(H,104,127)(H,105,129)(H,106,124)(H,107,126)/t38-,52+,53+,60+,61+,63-,65+,66+,67+,68?,69-,70+,71-,72-,73+,74+,75+,76+,78+,79-,88-,89-,90-/m0/s1. The number of rotatable bonds is 26. The molecule has 26 N–H and O–H groups in total. The maximum Gasteiger partial charge on any atom is 0.573 e. The van der Waals surface area contributed by atoms with Gasteiger partial charge in [0.05, 0.1) is 54.5 Å². The van der Waals surface area contributed by atoms with Crippen LogP contribution < -0.4 is 78.3 Å². The Hall–Kier alpha value is -12.0. The predicted octanol–water partition coefficient (Wildman–Crippen LogP) is 0.607. The molecule has 7 aromatic rings. The fourth-order valence-electron chi connectivity index (χ4n) is 16.9. The molecule has 43 nitrogen and oxygen atoms in total. The number of likely N-dealkylation sites (N-methyl/N-ethyl adjacent to an activating group) is 1. The van der Waals surface area contributed by atoms with Crippen LogP contribution in [0, 0.1) is 5.92 Å². The average Bonchev–Trinajstić information content (AvgIpc) is 0.756. The Kier molecular flexibility index (Phi) is 33.2. The smallest absolute Gasteiger partial charge is 0.508 e. The van der Waals surface area contributed by atoms with Crippen molar-refractivity contribution in [3.05, 3.63) is 176 Å². The summed E-state index contributed by atoms with van der Waals surface area (Å²) in [6.07, 6.45) is -35.6. The third kappa shape index (κ3) is 24.2. The number of phenols is 3. The molecular formula is C91H105Cl2F3N12O31. The number of alkyl halides is 3. The maximum absolute atomic E-state index is 16.6. The van der Waals surface area contributed by atoms with E-state index < -0.39 is 335 Å². The van der Waals surface area contributed by atoms with Crippen molar-refractivity contribution in [3.8, 4) is 62.9 Å². The first kappa shape index (κ1) is 104. The van der Waals surface area contributed by atoms with E-state index in [4.69, 9.17) is 72.6 Å². The molecule has 15 rings (SSSR count). The maximum atomic E-state index is 16.6. The van der Waals surface area contributed by atoms with Gasteiger partial charge in [0.15, 0.2) is 24.1 Å². The molecule has 750 valence electrons. The first-order valence-corrected chi connectivity index (χ1v) is 44.5. The molecule has 23 atom stereocenters. The molecule has 0 spiro atoms. The molecule has 8 heterocycles. The van der Waals surface area contributed by atoms with E-state index in [1.807, 2.05) is 0 Å². The number of amides is 9. The summed E-state index contributed by atoms with van der Waals surface area (Å²) in [6.45, 7) is 2.29. The minimum absolute atomic E-state index is 0.0613. The number of hydrogen-bond acceptors (Lipinski definition) is 34. The number of phenolic OH excluding ortho intramolecular Hbond substituents is 3. The lowest BCUT2D eigenvalue weighted by Crippen LogP contribution is -2.65. The number of ether oxygens (including phenoxy) is 9. The van der Waals surface area contributed by atoms with E-state index in [0.717, 1.165) is 89.8 Å². The zero-order valence-corrected chi connectivity index (χ0v) is 76.1. The molecule has 9 amide bonds. The number of nitrogens with two attached hydrogens (primary N) is 2. The third-order valence-electron chi connectivity index (χ3n) is 23.9. The summed E-state index contributed by atoms with van der Waals surface area (Å²) in [5, 5.41) is 173. The highest BCUT2D eigenvalue weighted by Gasteiger charge is 2.54. The summed E-state index contributed by atoms with van der Waals surface area (Å²) in [5.74, 6) is -17.9. The molecule has 0 aromatic heterocycles. The number of nitrogens with one attached hydrogen (secondary N) is 9. The lowest BCUT2D eigenvalue weighted by atomic mass is 9.86. The number of aliphatic hydroxyl groups excluding tert-OH is 10. The molecule has 0 radical (unpaired) electrons. The van der Waals surface area contributed by atoms with Gasteiger partial charge >= 0.3 is 6.36 Å². The molecule has 8 aliphatic heterocycles. The van der Waals surface area contributed by atoms with Crippen molar-refractivity contribution in [2.45, 2.75) is 200 Å². The summed E-state index contributed by atoms with van der Waals surface area (Å²) >= 11 is 14.6. The van der Waals surface area contributed by atoms with E-state index >= 15 is 28.8 Å². The van der Waals surface area contributed by atoms with E-state index in [9.17, 15) is 93.9 Å². The SMILES string of the molecule is CN[C@H](CC(C)C)C(=O)NC1C(=O)N[C@H](CC(N)=O)C(=O)N[C@H]2C(=O)N[C@H]3C(=O)N[C@H](C(=O)N[C@@H](C(=O)N(CCO)CCO)c4cc(O)cc(O)c4-c4cc3ccc4O)[C@H](O[C@H]3C[C@](C)(N)[C@@H](O)[C@H](C)O3)c3ccc(c(Cl)c3)Oc3cc2cc(c3O[C@@H]2O[C@H](CO)[C@@H](O[C@@H]3O[C@H](CNCc4cccc(NC(=O)c5cccc(OC(F)(F)F)c5)c4)[C@H](O)[C@H](O)[C@H]3O)[C@H](O)[C@H]2O)Oc2ccc(cc2Cl)[C@H]1O. The number of primary amides is 1. The summed E-state index contributed by atoms with van der Waals surface area (Å²) < 4.78 is 94.4. The van der Waals surface area contributed by atoms with Gasteiger partial charge in [-0.2, -0.15) is 0 Å². The molecule has 11 bridgehead atoms. The lowest BCUT2D eigenvalue weighted by Gasteiger charge is -2.46. The monoisotopic (exact) mass is 1990 g/mol. The van der Waals surface area contributed by atoms with Crippen LogP contribution in [0.5, 0.6) is 51.7 Å². The van der Waals surface area contributed by atoms with Crippen LogP contribution in [0.4, 0.5) is 18.9 Å². The first-order valence-electron chi connectivity index (χ1n) is 43.7. The van der Waals surface area contributed by atoms with Crippen molar-refractivity contribution in [3.63, 3.8) is 0 Å². The predicted molar refractivity (Wildman–Crippen MR) is 477 cm³/mol. The van der Waals surface area contributed by atoms with Crippen LogP contribution in [0.3, 0.4) is 0 Å². The number of carbonyl (C=O) groups excluding carboxylic acids is 9. The third-order valence-corrected chi connectivity index (χ3v) is 24.5. The Morgan fingerprint density at radius 2 is 1.29 bits per heavy atom. The number of fused-ring (bicyclic) bond motifs is 15. The number of nitrogens with zero attached hydrogens (tertiary/aromatic N) is 1. The van der Waals surface area contributed by atoms with Gasteiger partial charge in [0, 0.05) is 66.6 Å². The number of benzene rings is 7. The molecule has 139 heavy (non-hydrogen) atoms. The normalized spacial score (nSPS) is 28.0. The second-order valence-corrected chi connectivity index (χ2v) is 35.5. The molecule has 3 saturated heterocycles. The van der Waals surface area contributed by atoms with Gasteiger partial charge in [0.1, 0.15) is 132 Å². The van der Waals surface area contributed by atoms with Gasteiger partial charge in [0.25, 0.3) is 5.91 Å². The number of aliphatic hydroxyl groups is 10. The molecule has 0 aliphatic carbocycles. The molecule has 7 aromatic carbocycles. The van der Waals surface area contributed by atoms with Gasteiger partial charge in [-0.25, -0.2) is 0 Å². The van der Waals surface area contributed by atoms with Crippen molar-refractivity contribution in [2.75, 3.05) is 51.8 Å². The number of hydrogen-bond donors (Lipinski definition) is 24. The van der Waals surface area contributed by atoms with Gasteiger partial charge in [-0.1, -0.05) is 73.4 Å². The van der Waals surface area contributed by atoms with Crippen LogP contribution in [0.25, 0.3) is 11.1 Å². The van der Waals surface area contributed by atoms with E-state index in [-0.39, 0.29) is 47.8 Å². The summed E-state index contributed by atoms with van der Waals surface area (Å²) in [4.78, 5) is 137. The van der Waals surface area contributed by atoms with Gasteiger partial charge in [-0.05, 0) is 152 Å². The molecule has 3 fully saturated rings. The van der Waals surface area contributed by atoms with Gasteiger partial charge in [-0.15, -0.1) is 13.2 Å². The second-order valence-electron chi connectivity index (χ2n) is 34.6. The molecule has 1 unspecified atom stereocenters. The van der Waals surface area contributed by atoms with Crippen LogP contribution in [0.1, 0.15) is 121 Å². The van der Waals surface area contributed by atoms with Crippen molar-refractivity contribution >= 4 is 82.1 Å². The van der Waals surface area contributed by atoms with Crippen molar-refractivity contribution < 1.29 is 165 Å². The topological polar surface area (TPSA) is 663 Å². The second kappa shape index (κ2) is 44.2. The largest absolute Gasteiger partial charge is 0.573 e. The van der Waals surface area contributed by atoms with Gasteiger partial charge in [0.2, 0.25) is 59.3 Å². The highest BCUT2D eigenvalue weighted by molar-refractivity contribution is 6.32. The van der Waals surface area contributed by atoms with E-state index in [0.29, 0.717) is 5.56 Å². The summed E-state index contributed by atoms with van der Waals surface area (Å²) in [7, 11) is 1.44. The van der Waals surface area contributed by atoms with E-state index in [1.165, 1.54) is 57.3 Å². The Morgan fingerprint density at radius 3 is 1.93 bits per heavy atom. The molecule has 48 heteroatoms. The summed E-state index contributed by atoms with van der Waals surface area (Å²) in [6, 6.07) is 9.16. The van der Waals surface area contributed by atoms with Crippen LogP contribution >= 0.6 is 23.2 Å². The Bertz CT molecular complexity index is 5710. The van der Waals surface area contributed by atoms with E-state index in [2.05, 4.69) is 52.6 Å². The summed E-state index contributed by atoms with van der Waals surface area (Å²) in [5.41, 5.74) is 8.46. The minimum atomic E-state index is -5.04. The fraction of sp³-hybridized carbons (Fsp3) is 0.440. The average molecular weight is 1990 g/mol. The lowest BCUT2D eigenvalue weighted by molar-refractivity contribution is -0.350. The highest BCUT2D eigenvalue weighted by Crippen LogP contribution is 2.51. The number of halogens is 5. The van der Waals surface area contributed by atoms with Crippen LogP contribution in [-0.4, -0.2) is 287 Å². The number of carbonyl (C=O) groups is 9. The zero-order chi connectivity index (χ0) is 101. The van der Waals surface area contributed by atoms with Crippen molar-refractivity contribution in [1.29, 1.82) is 0 Å². The van der Waals surface area contributed by atoms with Crippen molar-refractivity contribution in [2.24, 2.45) is 17.4 Å². The van der Waals surface area contributed by atoms with Crippen molar-refractivity contribution in [1.82, 2.24) is 47.4 Å².